The molecule has 0 saturated carbocycles. The van der Waals surface area contributed by atoms with Gasteiger partial charge < -0.3 is 9.80 Å². The number of aromatic nitrogens is 1. The SMILES string of the molecule is Cc1cc(C)c2sc(N3CCN(C(=O)CCCSc4ccccc4)CC3)nc2c1. The summed E-state index contributed by atoms with van der Waals surface area (Å²) in [5.41, 5.74) is 3.65. The quantitative estimate of drug-likeness (QED) is 0.405. The fraction of sp³-hybridized carbons (Fsp3) is 0.391. The van der Waals surface area contributed by atoms with Crippen LogP contribution in [0.3, 0.4) is 0 Å². The van der Waals surface area contributed by atoms with E-state index in [0.717, 1.165) is 49.0 Å². The third-order valence-corrected chi connectivity index (χ3v) is 7.62. The van der Waals surface area contributed by atoms with Crippen molar-refractivity contribution in [3.8, 4) is 0 Å². The molecule has 0 atom stereocenters. The van der Waals surface area contributed by atoms with Crippen LogP contribution in [0.15, 0.2) is 47.4 Å². The number of rotatable bonds is 6. The van der Waals surface area contributed by atoms with Crippen LogP contribution in [-0.2, 0) is 4.79 Å². The number of nitrogens with zero attached hydrogens (tertiary/aromatic N) is 3. The van der Waals surface area contributed by atoms with E-state index in [9.17, 15) is 4.79 Å². The lowest BCUT2D eigenvalue weighted by atomic mass is 10.1. The molecule has 1 aliphatic heterocycles. The molecule has 1 aliphatic rings. The molecule has 2 aromatic carbocycles. The maximum absolute atomic E-state index is 12.6. The lowest BCUT2D eigenvalue weighted by Crippen LogP contribution is -2.48. The molecular weight excluding hydrogens is 398 g/mol. The van der Waals surface area contributed by atoms with Crippen molar-refractivity contribution < 1.29 is 4.79 Å². The summed E-state index contributed by atoms with van der Waals surface area (Å²) in [5, 5.41) is 1.08. The van der Waals surface area contributed by atoms with Crippen LogP contribution in [0.25, 0.3) is 10.2 Å². The molecule has 1 aromatic heterocycles. The van der Waals surface area contributed by atoms with Gasteiger partial charge in [-0.2, -0.15) is 0 Å². The second kappa shape index (κ2) is 9.18. The minimum atomic E-state index is 0.286. The van der Waals surface area contributed by atoms with Crippen molar-refractivity contribution in [1.29, 1.82) is 0 Å². The number of thioether (sulfide) groups is 1. The van der Waals surface area contributed by atoms with Crippen LogP contribution in [0, 0.1) is 13.8 Å². The molecule has 0 bridgehead atoms. The Morgan fingerprint density at radius 3 is 2.62 bits per heavy atom. The van der Waals surface area contributed by atoms with E-state index in [2.05, 4.69) is 55.1 Å². The monoisotopic (exact) mass is 425 g/mol. The predicted molar refractivity (Wildman–Crippen MR) is 124 cm³/mol. The molecule has 0 N–H and O–H groups in total. The third-order valence-electron chi connectivity index (χ3n) is 5.26. The molecule has 1 saturated heterocycles. The molecule has 4 rings (SSSR count). The van der Waals surface area contributed by atoms with Gasteiger partial charge in [0.15, 0.2) is 5.13 Å². The maximum Gasteiger partial charge on any atom is 0.222 e. The van der Waals surface area contributed by atoms with Gasteiger partial charge in [-0.25, -0.2) is 4.98 Å². The Morgan fingerprint density at radius 2 is 1.86 bits per heavy atom. The van der Waals surface area contributed by atoms with Gasteiger partial charge >= 0.3 is 0 Å². The predicted octanol–water partition coefficient (Wildman–Crippen LogP) is 5.13. The van der Waals surface area contributed by atoms with Gasteiger partial charge in [0, 0.05) is 37.5 Å². The Balaban J connectivity index is 1.26. The van der Waals surface area contributed by atoms with Gasteiger partial charge in [-0.15, -0.1) is 11.8 Å². The second-order valence-corrected chi connectivity index (χ2v) is 9.71. The number of hydrogen-bond acceptors (Lipinski definition) is 5. The minimum Gasteiger partial charge on any atom is -0.345 e. The molecule has 0 aliphatic carbocycles. The number of aryl methyl sites for hydroxylation is 2. The van der Waals surface area contributed by atoms with E-state index in [4.69, 9.17) is 4.98 Å². The Bertz CT molecular complexity index is 978. The zero-order valence-corrected chi connectivity index (χ0v) is 18.7. The summed E-state index contributed by atoms with van der Waals surface area (Å²) in [5.74, 6) is 1.27. The first kappa shape index (κ1) is 20.2. The normalized spacial score (nSPS) is 14.6. The Labute approximate surface area is 180 Å². The van der Waals surface area contributed by atoms with Crippen molar-refractivity contribution in [3.05, 3.63) is 53.6 Å². The summed E-state index contributed by atoms with van der Waals surface area (Å²) < 4.78 is 1.28. The summed E-state index contributed by atoms with van der Waals surface area (Å²) in [4.78, 5) is 23.0. The zero-order valence-electron chi connectivity index (χ0n) is 17.1. The standard InChI is InChI=1S/C23H27N3OS2/c1-17-15-18(2)22-20(16-17)24-23(29-22)26-12-10-25(11-13-26)21(27)9-6-14-28-19-7-4-3-5-8-19/h3-5,7-8,15-16H,6,9-14H2,1-2H3. The molecular formula is C23H27N3OS2. The smallest absolute Gasteiger partial charge is 0.222 e. The van der Waals surface area contributed by atoms with Crippen LogP contribution in [0.2, 0.25) is 0 Å². The maximum atomic E-state index is 12.6. The van der Waals surface area contributed by atoms with Crippen LogP contribution in [0.1, 0.15) is 24.0 Å². The topological polar surface area (TPSA) is 36.4 Å². The highest BCUT2D eigenvalue weighted by molar-refractivity contribution is 7.99. The minimum absolute atomic E-state index is 0.286. The first-order valence-corrected chi connectivity index (χ1v) is 12.0. The van der Waals surface area contributed by atoms with Crippen molar-refractivity contribution in [2.24, 2.45) is 0 Å². The van der Waals surface area contributed by atoms with Gasteiger partial charge in [0.05, 0.1) is 10.2 Å². The fourth-order valence-electron chi connectivity index (χ4n) is 3.74. The number of amides is 1. The van der Waals surface area contributed by atoms with E-state index in [1.165, 1.54) is 20.7 Å². The van der Waals surface area contributed by atoms with Crippen molar-refractivity contribution in [3.63, 3.8) is 0 Å². The highest BCUT2D eigenvalue weighted by Crippen LogP contribution is 2.32. The number of carbonyl (C=O) groups is 1. The van der Waals surface area contributed by atoms with E-state index < -0.39 is 0 Å². The largest absolute Gasteiger partial charge is 0.345 e. The summed E-state index contributed by atoms with van der Waals surface area (Å²) in [6, 6.07) is 14.8. The Morgan fingerprint density at radius 1 is 1.10 bits per heavy atom. The molecule has 4 nitrogen and oxygen atoms in total. The lowest BCUT2D eigenvalue weighted by molar-refractivity contribution is -0.131. The van der Waals surface area contributed by atoms with Crippen LogP contribution in [0.4, 0.5) is 5.13 Å². The van der Waals surface area contributed by atoms with Crippen molar-refractivity contribution in [2.75, 3.05) is 36.8 Å². The number of piperazine rings is 1. The number of thiazole rings is 1. The van der Waals surface area contributed by atoms with Crippen molar-refractivity contribution >= 4 is 44.4 Å². The molecule has 2 heterocycles. The number of anilines is 1. The number of fused-ring (bicyclic) bond motifs is 1. The first-order valence-electron chi connectivity index (χ1n) is 10.2. The second-order valence-electron chi connectivity index (χ2n) is 7.56. The molecule has 1 fully saturated rings. The van der Waals surface area contributed by atoms with Gasteiger partial charge in [0.25, 0.3) is 0 Å². The average molecular weight is 426 g/mol. The molecule has 1 amide bonds. The molecule has 152 valence electrons. The molecule has 0 spiro atoms. The summed E-state index contributed by atoms with van der Waals surface area (Å²) >= 11 is 3.60. The average Bonchev–Trinajstić information content (AvgIpc) is 3.16. The fourth-order valence-corrected chi connectivity index (χ4v) is 5.68. The first-order chi connectivity index (χ1) is 14.1. The molecule has 0 radical (unpaired) electrons. The van der Waals surface area contributed by atoms with E-state index in [0.29, 0.717) is 6.42 Å². The molecule has 29 heavy (non-hydrogen) atoms. The highest BCUT2D eigenvalue weighted by Gasteiger charge is 2.23. The van der Waals surface area contributed by atoms with Crippen LogP contribution < -0.4 is 4.90 Å². The summed E-state index contributed by atoms with van der Waals surface area (Å²) in [6.45, 7) is 7.58. The van der Waals surface area contributed by atoms with Gasteiger partial charge in [-0.3, -0.25) is 4.79 Å². The van der Waals surface area contributed by atoms with Gasteiger partial charge in [-0.1, -0.05) is 35.6 Å². The number of hydrogen-bond donors (Lipinski definition) is 0. The molecule has 6 heteroatoms. The van der Waals surface area contributed by atoms with Gasteiger partial charge in [-0.05, 0) is 55.3 Å². The van der Waals surface area contributed by atoms with E-state index in [1.807, 2.05) is 22.7 Å². The van der Waals surface area contributed by atoms with Crippen molar-refractivity contribution in [2.45, 2.75) is 31.6 Å². The third kappa shape index (κ3) is 4.93. The Kier molecular flexibility index (Phi) is 6.40. The molecule has 0 unspecified atom stereocenters. The van der Waals surface area contributed by atoms with E-state index >= 15 is 0 Å². The van der Waals surface area contributed by atoms with Gasteiger partial charge in [0.1, 0.15) is 0 Å². The van der Waals surface area contributed by atoms with Crippen LogP contribution in [-0.4, -0.2) is 47.7 Å². The zero-order chi connectivity index (χ0) is 20.2. The highest BCUT2D eigenvalue weighted by atomic mass is 32.2. The molecule has 3 aromatic rings. The number of benzene rings is 2. The summed E-state index contributed by atoms with van der Waals surface area (Å²) in [7, 11) is 0. The van der Waals surface area contributed by atoms with E-state index in [-0.39, 0.29) is 5.91 Å². The van der Waals surface area contributed by atoms with Crippen molar-refractivity contribution in [1.82, 2.24) is 9.88 Å². The number of carbonyl (C=O) groups excluding carboxylic acids is 1. The van der Waals surface area contributed by atoms with E-state index in [1.54, 1.807) is 11.3 Å². The lowest BCUT2D eigenvalue weighted by Gasteiger charge is -2.34. The van der Waals surface area contributed by atoms with Gasteiger partial charge in [0.2, 0.25) is 5.91 Å². The van der Waals surface area contributed by atoms with Crippen LogP contribution in [0.5, 0.6) is 0 Å². The summed E-state index contributed by atoms with van der Waals surface area (Å²) in [6.07, 6.45) is 1.56. The van der Waals surface area contributed by atoms with Crippen LogP contribution >= 0.6 is 23.1 Å². The Hall–Kier alpha value is -2.05.